The molecule has 0 unspecified atom stereocenters. The molecule has 0 aliphatic carbocycles. The maximum atomic E-state index is 5.16. The highest BCUT2D eigenvalue weighted by molar-refractivity contribution is 9.13. The van der Waals surface area contributed by atoms with Gasteiger partial charge < -0.3 is 5.32 Å². The van der Waals surface area contributed by atoms with E-state index < -0.39 is 0 Å². The number of hydrogen-bond donors (Lipinski definition) is 1. The van der Waals surface area contributed by atoms with Gasteiger partial charge in [0.05, 0.1) is 5.75 Å². The van der Waals surface area contributed by atoms with Crippen LogP contribution in [-0.4, -0.2) is 18.1 Å². The van der Waals surface area contributed by atoms with E-state index >= 15 is 0 Å². The van der Waals surface area contributed by atoms with E-state index in [1.54, 1.807) is 11.8 Å². The number of rotatable bonds is 6. The number of benzene rings is 1. The molecule has 1 aromatic rings. The molecule has 1 nitrogen and oxygen atoms in total. The lowest BCUT2D eigenvalue weighted by Gasteiger charge is -2.05. The second-order valence-corrected chi connectivity index (χ2v) is 6.00. The number of terminal acetylenes is 1. The molecule has 0 fully saturated rings. The fourth-order valence-electron chi connectivity index (χ4n) is 1.16. The Morgan fingerprint density at radius 1 is 1.31 bits per heavy atom. The molecule has 1 rings (SSSR count). The molecule has 1 N–H and O–H groups in total. The van der Waals surface area contributed by atoms with Gasteiger partial charge in [0.15, 0.2) is 0 Å². The van der Waals surface area contributed by atoms with Crippen molar-refractivity contribution in [1.29, 1.82) is 0 Å². The number of nitrogens with one attached hydrogen (secondary N) is 1. The van der Waals surface area contributed by atoms with Crippen molar-refractivity contribution in [3.63, 3.8) is 0 Å². The van der Waals surface area contributed by atoms with E-state index in [4.69, 9.17) is 6.42 Å². The summed E-state index contributed by atoms with van der Waals surface area (Å²) < 4.78 is 2.18. The van der Waals surface area contributed by atoms with E-state index in [-0.39, 0.29) is 0 Å². The fourth-order valence-corrected chi connectivity index (χ4v) is 2.38. The Morgan fingerprint density at radius 2 is 2.12 bits per heavy atom. The number of hydrogen-bond acceptors (Lipinski definition) is 2. The minimum atomic E-state index is 0.797. The van der Waals surface area contributed by atoms with Crippen molar-refractivity contribution >= 4 is 43.6 Å². The van der Waals surface area contributed by atoms with Crippen molar-refractivity contribution in [2.24, 2.45) is 0 Å². The first-order chi connectivity index (χ1) is 7.74. The van der Waals surface area contributed by atoms with Crippen LogP contribution in [0.25, 0.3) is 0 Å². The van der Waals surface area contributed by atoms with Crippen LogP contribution in [0.3, 0.4) is 0 Å². The highest BCUT2D eigenvalue weighted by Gasteiger charge is 1.98. The zero-order valence-corrected chi connectivity index (χ0v) is 12.8. The topological polar surface area (TPSA) is 12.0 Å². The van der Waals surface area contributed by atoms with E-state index in [2.05, 4.69) is 55.2 Å². The molecule has 86 valence electrons. The predicted octanol–water partition coefficient (Wildman–Crippen LogP) is 3.67. The Hall–Kier alpha value is 0.0500. The average molecular weight is 363 g/mol. The summed E-state index contributed by atoms with van der Waals surface area (Å²) in [5, 5.41) is 3.38. The highest BCUT2D eigenvalue weighted by Crippen LogP contribution is 2.23. The standard InChI is InChI=1S/C12H13Br2NS/c1-2-6-16-7-5-15-9-10-3-4-11(13)12(14)8-10/h1,3-4,8,15H,5-7,9H2. The molecule has 0 saturated heterocycles. The fraction of sp³-hybridized carbons (Fsp3) is 0.333. The highest BCUT2D eigenvalue weighted by atomic mass is 79.9. The Bertz CT molecular complexity index is 374. The monoisotopic (exact) mass is 361 g/mol. The van der Waals surface area contributed by atoms with Gasteiger partial charge in [-0.05, 0) is 49.6 Å². The van der Waals surface area contributed by atoms with Gasteiger partial charge in [-0.3, -0.25) is 0 Å². The van der Waals surface area contributed by atoms with Crippen molar-refractivity contribution in [1.82, 2.24) is 5.32 Å². The van der Waals surface area contributed by atoms with E-state index in [0.717, 1.165) is 33.5 Å². The lowest BCUT2D eigenvalue weighted by molar-refractivity contribution is 0.732. The summed E-state index contributed by atoms with van der Waals surface area (Å²) in [5.41, 5.74) is 1.28. The molecular formula is C12H13Br2NS. The van der Waals surface area contributed by atoms with Crippen molar-refractivity contribution in [3.8, 4) is 12.3 Å². The summed E-state index contributed by atoms with van der Waals surface area (Å²) in [6, 6.07) is 6.27. The van der Waals surface area contributed by atoms with Gasteiger partial charge in [-0.1, -0.05) is 12.0 Å². The Morgan fingerprint density at radius 3 is 2.81 bits per heavy atom. The molecule has 0 saturated carbocycles. The third-order valence-electron chi connectivity index (χ3n) is 1.92. The lowest BCUT2D eigenvalue weighted by atomic mass is 10.2. The van der Waals surface area contributed by atoms with Crippen LogP contribution in [-0.2, 0) is 6.54 Å². The van der Waals surface area contributed by atoms with Crippen LogP contribution in [0.4, 0.5) is 0 Å². The summed E-state index contributed by atoms with van der Waals surface area (Å²) >= 11 is 8.72. The smallest absolute Gasteiger partial charge is 0.0545 e. The van der Waals surface area contributed by atoms with Crippen molar-refractivity contribution in [2.45, 2.75) is 6.54 Å². The van der Waals surface area contributed by atoms with Gasteiger partial charge in [-0.25, -0.2) is 0 Å². The molecule has 0 amide bonds. The molecule has 0 aliphatic rings. The second kappa shape index (κ2) is 8.19. The number of halogens is 2. The molecule has 0 aromatic heterocycles. The van der Waals surface area contributed by atoms with Gasteiger partial charge in [0, 0.05) is 27.8 Å². The van der Waals surface area contributed by atoms with Crippen molar-refractivity contribution in [3.05, 3.63) is 32.7 Å². The molecule has 0 atom stereocenters. The molecule has 0 bridgehead atoms. The molecular weight excluding hydrogens is 350 g/mol. The first-order valence-electron chi connectivity index (χ1n) is 4.90. The van der Waals surface area contributed by atoms with Crippen LogP contribution in [0.5, 0.6) is 0 Å². The quantitative estimate of drug-likeness (QED) is 0.612. The van der Waals surface area contributed by atoms with Gasteiger partial charge in [0.1, 0.15) is 0 Å². The van der Waals surface area contributed by atoms with E-state index in [1.165, 1.54) is 5.56 Å². The largest absolute Gasteiger partial charge is 0.312 e. The Labute approximate surface area is 118 Å². The van der Waals surface area contributed by atoms with Crippen LogP contribution in [0, 0.1) is 12.3 Å². The van der Waals surface area contributed by atoms with Crippen LogP contribution in [0.1, 0.15) is 5.56 Å². The van der Waals surface area contributed by atoms with Crippen LogP contribution in [0.2, 0.25) is 0 Å². The molecule has 0 heterocycles. The van der Waals surface area contributed by atoms with Crippen LogP contribution in [0.15, 0.2) is 27.1 Å². The summed E-state index contributed by atoms with van der Waals surface area (Å²) in [5.74, 6) is 4.47. The molecule has 0 spiro atoms. The number of thioether (sulfide) groups is 1. The first-order valence-corrected chi connectivity index (χ1v) is 7.64. The first kappa shape index (κ1) is 14.1. The van der Waals surface area contributed by atoms with Gasteiger partial charge >= 0.3 is 0 Å². The Balaban J connectivity index is 2.22. The summed E-state index contributed by atoms with van der Waals surface area (Å²) in [6.07, 6.45) is 5.16. The minimum absolute atomic E-state index is 0.797. The van der Waals surface area contributed by atoms with Gasteiger partial charge in [-0.15, -0.1) is 18.2 Å². The zero-order valence-electron chi connectivity index (χ0n) is 8.80. The van der Waals surface area contributed by atoms with Crippen molar-refractivity contribution < 1.29 is 0 Å². The third kappa shape index (κ3) is 5.40. The third-order valence-corrected chi connectivity index (χ3v) is 4.66. The van der Waals surface area contributed by atoms with Crippen LogP contribution >= 0.6 is 43.6 Å². The average Bonchev–Trinajstić information content (AvgIpc) is 2.28. The lowest BCUT2D eigenvalue weighted by Crippen LogP contribution is -2.16. The van der Waals surface area contributed by atoms with Gasteiger partial charge in [0.25, 0.3) is 0 Å². The SMILES string of the molecule is C#CCSCCNCc1ccc(Br)c(Br)c1. The van der Waals surface area contributed by atoms with Gasteiger partial charge in [-0.2, -0.15) is 0 Å². The molecule has 16 heavy (non-hydrogen) atoms. The summed E-state index contributed by atoms with van der Waals surface area (Å²) in [4.78, 5) is 0. The second-order valence-electron chi connectivity index (χ2n) is 3.18. The normalized spacial score (nSPS) is 10.1. The van der Waals surface area contributed by atoms with Crippen LogP contribution < -0.4 is 5.32 Å². The van der Waals surface area contributed by atoms with E-state index in [9.17, 15) is 0 Å². The van der Waals surface area contributed by atoms with Gasteiger partial charge in [0.2, 0.25) is 0 Å². The summed E-state index contributed by atoms with van der Waals surface area (Å²) in [7, 11) is 0. The molecule has 4 heteroatoms. The van der Waals surface area contributed by atoms with E-state index in [0.29, 0.717) is 0 Å². The maximum absolute atomic E-state index is 5.16. The van der Waals surface area contributed by atoms with Crippen molar-refractivity contribution in [2.75, 3.05) is 18.1 Å². The maximum Gasteiger partial charge on any atom is 0.0545 e. The Kier molecular flexibility index (Phi) is 7.22. The molecule has 0 aliphatic heterocycles. The predicted molar refractivity (Wildman–Crippen MR) is 79.7 cm³/mol. The van der Waals surface area contributed by atoms with E-state index in [1.807, 2.05) is 6.07 Å². The minimum Gasteiger partial charge on any atom is -0.312 e. The zero-order chi connectivity index (χ0) is 11.8. The molecule has 0 radical (unpaired) electrons. The summed E-state index contributed by atoms with van der Waals surface area (Å²) in [6.45, 7) is 1.88. The molecule has 1 aromatic carbocycles.